The third-order valence-corrected chi connectivity index (χ3v) is 5.32. The molecule has 0 spiro atoms. The van der Waals surface area contributed by atoms with E-state index in [0.29, 0.717) is 35.7 Å². The third-order valence-electron chi connectivity index (χ3n) is 5.32. The molecule has 4 aromatic rings. The van der Waals surface area contributed by atoms with Gasteiger partial charge in [0.05, 0.1) is 20.8 Å². The zero-order chi connectivity index (χ0) is 22.8. The fourth-order valence-electron chi connectivity index (χ4n) is 3.79. The molecular formula is C21H24N7O4+. The van der Waals surface area contributed by atoms with Crippen molar-refractivity contribution < 1.29 is 23.6 Å². The van der Waals surface area contributed by atoms with Crippen molar-refractivity contribution in [2.45, 2.75) is 26.6 Å². The first kappa shape index (κ1) is 21.1. The van der Waals surface area contributed by atoms with Gasteiger partial charge in [0, 0.05) is 12.3 Å². The largest absolute Gasteiger partial charge is 0.497 e. The molecule has 0 saturated heterocycles. The van der Waals surface area contributed by atoms with Gasteiger partial charge < -0.3 is 20.2 Å². The van der Waals surface area contributed by atoms with E-state index >= 15 is 0 Å². The Labute approximate surface area is 183 Å². The number of benzene rings is 1. The number of anilines is 2. The van der Waals surface area contributed by atoms with Crippen molar-refractivity contribution in [3.8, 4) is 5.75 Å². The minimum atomic E-state index is -0.409. The Morgan fingerprint density at radius 2 is 2.12 bits per heavy atom. The van der Waals surface area contributed by atoms with Crippen LogP contribution >= 0.6 is 0 Å². The Bertz CT molecular complexity index is 1310. The summed E-state index contributed by atoms with van der Waals surface area (Å²) in [5.41, 5.74) is 8.89. The molecule has 0 aliphatic heterocycles. The quantitative estimate of drug-likeness (QED) is 0.240. The number of fused-ring (bicyclic) bond motifs is 2. The van der Waals surface area contributed by atoms with Gasteiger partial charge in [-0.2, -0.15) is 0 Å². The molecule has 0 atom stereocenters. The third kappa shape index (κ3) is 3.57. The molecule has 166 valence electrons. The van der Waals surface area contributed by atoms with Gasteiger partial charge in [-0.05, 0) is 25.1 Å². The average Bonchev–Trinajstić information content (AvgIpc) is 3.37. The van der Waals surface area contributed by atoms with Gasteiger partial charge >= 0.3 is 5.97 Å². The lowest BCUT2D eigenvalue weighted by molar-refractivity contribution is -0.668. The summed E-state index contributed by atoms with van der Waals surface area (Å²) in [5, 5.41) is 0. The second-order valence-electron chi connectivity index (χ2n) is 7.05. The fraction of sp³-hybridized carbons (Fsp3) is 0.286. The number of aromatic amines is 1. The second kappa shape index (κ2) is 8.53. The Hall–Kier alpha value is -4.15. The number of nitrogens with one attached hydrogen (secondary N) is 1. The first-order chi connectivity index (χ1) is 15.5. The van der Waals surface area contributed by atoms with Crippen molar-refractivity contribution in [3.05, 3.63) is 36.3 Å². The molecule has 3 heterocycles. The number of rotatable bonds is 8. The predicted molar refractivity (Wildman–Crippen MR) is 117 cm³/mol. The highest BCUT2D eigenvalue weighted by Crippen LogP contribution is 2.25. The molecule has 0 unspecified atom stereocenters. The number of amides is 1. The maximum absolute atomic E-state index is 12.2. The predicted octanol–water partition coefficient (Wildman–Crippen LogP) is 1.15. The number of nitrogen functional groups attached to an aromatic ring is 1. The fourth-order valence-corrected chi connectivity index (χ4v) is 3.79. The number of carbonyl (C=O) groups is 2. The number of aromatic nitrogens is 5. The summed E-state index contributed by atoms with van der Waals surface area (Å²) in [6, 6.07) is 7.33. The molecular weight excluding hydrogens is 414 g/mol. The maximum atomic E-state index is 12.2. The number of carbonyl (C=O) groups excluding carboxylic acids is 2. The average molecular weight is 438 g/mol. The van der Waals surface area contributed by atoms with Crippen molar-refractivity contribution in [2.24, 2.45) is 0 Å². The number of aryl methyl sites for hydroxylation is 1. The Kier molecular flexibility index (Phi) is 5.63. The maximum Gasteiger partial charge on any atom is 0.348 e. The number of methoxy groups -OCH3 is 2. The molecule has 0 fully saturated rings. The van der Waals surface area contributed by atoms with Crippen LogP contribution in [0.3, 0.4) is 0 Å². The van der Waals surface area contributed by atoms with Gasteiger partial charge in [0.2, 0.25) is 6.41 Å². The van der Waals surface area contributed by atoms with Crippen LogP contribution in [0.2, 0.25) is 0 Å². The van der Waals surface area contributed by atoms with E-state index in [1.165, 1.54) is 12.0 Å². The zero-order valence-corrected chi connectivity index (χ0v) is 18.0. The first-order valence-corrected chi connectivity index (χ1v) is 9.99. The minimum Gasteiger partial charge on any atom is -0.497 e. The van der Waals surface area contributed by atoms with Gasteiger partial charge in [-0.25, -0.2) is 23.9 Å². The van der Waals surface area contributed by atoms with Crippen LogP contribution in [0.4, 0.5) is 11.6 Å². The second-order valence-corrected chi connectivity index (χ2v) is 7.05. The molecule has 11 heteroatoms. The summed E-state index contributed by atoms with van der Waals surface area (Å²) in [4.78, 5) is 37.4. The molecule has 0 saturated carbocycles. The summed E-state index contributed by atoms with van der Waals surface area (Å²) >= 11 is 0. The van der Waals surface area contributed by atoms with Crippen LogP contribution < -0.4 is 19.9 Å². The van der Waals surface area contributed by atoms with Crippen molar-refractivity contribution in [1.82, 2.24) is 19.5 Å². The first-order valence-electron chi connectivity index (χ1n) is 9.99. The van der Waals surface area contributed by atoms with E-state index in [4.69, 9.17) is 15.2 Å². The molecule has 11 nitrogen and oxygen atoms in total. The van der Waals surface area contributed by atoms with E-state index in [0.717, 1.165) is 11.0 Å². The number of H-pyrrole nitrogens is 1. The molecule has 1 amide bonds. The lowest BCUT2D eigenvalue weighted by Crippen LogP contribution is -2.44. The molecule has 3 N–H and O–H groups in total. The van der Waals surface area contributed by atoms with E-state index in [2.05, 4.69) is 15.0 Å². The van der Waals surface area contributed by atoms with Crippen LogP contribution in [0.5, 0.6) is 5.75 Å². The topological polar surface area (TPSA) is 132 Å². The van der Waals surface area contributed by atoms with Crippen LogP contribution in [0.25, 0.3) is 22.2 Å². The van der Waals surface area contributed by atoms with E-state index in [1.807, 2.05) is 34.3 Å². The van der Waals surface area contributed by atoms with E-state index < -0.39 is 5.97 Å². The van der Waals surface area contributed by atoms with E-state index in [1.54, 1.807) is 19.4 Å². The Balaban J connectivity index is 1.87. The number of hydrogen-bond donors (Lipinski definition) is 2. The van der Waals surface area contributed by atoms with E-state index in [9.17, 15) is 9.59 Å². The summed E-state index contributed by atoms with van der Waals surface area (Å²) < 4.78 is 14.1. The zero-order valence-electron chi connectivity index (χ0n) is 18.0. The van der Waals surface area contributed by atoms with Crippen LogP contribution in [-0.2, 0) is 34.0 Å². The molecule has 4 rings (SSSR count). The van der Waals surface area contributed by atoms with Gasteiger partial charge in [-0.15, -0.1) is 0 Å². The lowest BCUT2D eigenvalue weighted by Gasteiger charge is -2.16. The normalized spacial score (nSPS) is 11.1. The standard InChI is InChI=1S/C21H24N7O4/c1-4-27-16-9-13(31-2)5-6-15(16)28(11-18(30)32-3)17(27)10-26(12-29)21-19(22)25-20-14(24-21)7-8-23-20/h5-9,12H,4,10-11H2,1-3H3,(H3,22,23,25)/q+1. The molecule has 1 aromatic carbocycles. The lowest BCUT2D eigenvalue weighted by atomic mass is 10.3. The van der Waals surface area contributed by atoms with Crippen molar-refractivity contribution in [1.29, 1.82) is 0 Å². The minimum absolute atomic E-state index is 0.0215. The summed E-state index contributed by atoms with van der Waals surface area (Å²) in [5.74, 6) is 1.33. The number of esters is 1. The number of hydrogen-bond acceptors (Lipinski definition) is 7. The van der Waals surface area contributed by atoms with Gasteiger partial charge in [0.25, 0.3) is 5.82 Å². The molecule has 0 aliphatic carbocycles. The highest BCUT2D eigenvalue weighted by atomic mass is 16.5. The van der Waals surface area contributed by atoms with Crippen molar-refractivity contribution in [3.63, 3.8) is 0 Å². The number of nitrogens with two attached hydrogens (primary N) is 1. The SMILES string of the molecule is CCn1c(CN(C=O)c2nc3cc[nH]c3nc2N)[n+](CC(=O)OC)c2ccc(OC)cc21. The van der Waals surface area contributed by atoms with Crippen molar-refractivity contribution in [2.75, 3.05) is 24.9 Å². The number of ether oxygens (including phenoxy) is 2. The molecule has 0 aliphatic rings. The number of imidazole rings is 1. The van der Waals surface area contributed by atoms with E-state index in [-0.39, 0.29) is 24.7 Å². The summed E-state index contributed by atoms with van der Waals surface area (Å²) in [7, 11) is 2.93. The number of nitrogens with zero attached hydrogens (tertiary/aromatic N) is 5. The Morgan fingerprint density at radius 1 is 1.31 bits per heavy atom. The van der Waals surface area contributed by atoms with Crippen molar-refractivity contribution >= 4 is 46.2 Å². The highest BCUT2D eigenvalue weighted by molar-refractivity contribution is 5.84. The molecule has 0 radical (unpaired) electrons. The van der Waals surface area contributed by atoms with Crippen LogP contribution in [0, 0.1) is 0 Å². The molecule has 32 heavy (non-hydrogen) atoms. The monoisotopic (exact) mass is 438 g/mol. The van der Waals surface area contributed by atoms with Gasteiger partial charge in [0.15, 0.2) is 34.9 Å². The molecule has 0 bridgehead atoms. The summed E-state index contributed by atoms with van der Waals surface area (Å²) in [6.07, 6.45) is 2.35. The van der Waals surface area contributed by atoms with Gasteiger partial charge in [-0.3, -0.25) is 9.69 Å². The van der Waals surface area contributed by atoms with Crippen LogP contribution in [0.1, 0.15) is 12.7 Å². The van der Waals surface area contributed by atoms with Crippen LogP contribution in [0.15, 0.2) is 30.5 Å². The Morgan fingerprint density at radius 3 is 2.81 bits per heavy atom. The smallest absolute Gasteiger partial charge is 0.348 e. The molecule has 3 aromatic heterocycles. The van der Waals surface area contributed by atoms with Gasteiger partial charge in [-0.1, -0.05) is 0 Å². The highest BCUT2D eigenvalue weighted by Gasteiger charge is 2.29. The van der Waals surface area contributed by atoms with Gasteiger partial charge in [0.1, 0.15) is 17.8 Å². The summed E-state index contributed by atoms with van der Waals surface area (Å²) in [6.45, 7) is 2.67. The van der Waals surface area contributed by atoms with Crippen LogP contribution in [-0.4, -0.2) is 46.1 Å².